The molecule has 0 atom stereocenters. The molecule has 0 spiro atoms. The summed E-state index contributed by atoms with van der Waals surface area (Å²) >= 11 is 0. The van der Waals surface area contributed by atoms with Gasteiger partial charge in [-0.15, -0.1) is 0 Å². The van der Waals surface area contributed by atoms with Crippen molar-refractivity contribution in [1.82, 2.24) is 9.97 Å². The van der Waals surface area contributed by atoms with Crippen LogP contribution in [-0.2, 0) is 0 Å². The summed E-state index contributed by atoms with van der Waals surface area (Å²) < 4.78 is 0. The van der Waals surface area contributed by atoms with E-state index in [0.717, 1.165) is 11.4 Å². The van der Waals surface area contributed by atoms with Crippen molar-refractivity contribution in [2.24, 2.45) is 5.11 Å². The predicted molar refractivity (Wildman–Crippen MR) is 63.3 cm³/mol. The van der Waals surface area contributed by atoms with Crippen LogP contribution in [0, 0.1) is 19.1 Å². The molecule has 5 nitrogen and oxygen atoms in total. The SMILES string of the molecule is Cc1ccc(N=[N+]([O-])c2ccc(C)nc2)cn1. The maximum Gasteiger partial charge on any atom is 0.263 e. The van der Waals surface area contributed by atoms with Crippen molar-refractivity contribution in [3.8, 4) is 0 Å². The summed E-state index contributed by atoms with van der Waals surface area (Å²) in [4.78, 5) is 8.64. The highest BCUT2D eigenvalue weighted by atomic mass is 16.5. The number of azo groups is 1. The highest BCUT2D eigenvalue weighted by molar-refractivity contribution is 5.33. The molecule has 0 bridgehead atoms. The molecule has 0 saturated heterocycles. The second-order valence-electron chi connectivity index (χ2n) is 3.69. The molecular weight excluding hydrogens is 216 g/mol. The molecule has 0 aliphatic carbocycles. The van der Waals surface area contributed by atoms with Gasteiger partial charge >= 0.3 is 0 Å². The van der Waals surface area contributed by atoms with Crippen LogP contribution in [0.25, 0.3) is 0 Å². The Balaban J connectivity index is 2.27. The highest BCUT2D eigenvalue weighted by Crippen LogP contribution is 2.15. The fourth-order valence-electron chi connectivity index (χ4n) is 1.25. The van der Waals surface area contributed by atoms with Crippen LogP contribution in [0.4, 0.5) is 11.4 Å². The minimum atomic E-state index is 0.399. The number of aromatic nitrogens is 2. The van der Waals surface area contributed by atoms with E-state index in [4.69, 9.17) is 0 Å². The molecule has 0 aromatic carbocycles. The number of nitrogens with zero attached hydrogens (tertiary/aromatic N) is 4. The number of rotatable bonds is 2. The largest absolute Gasteiger partial charge is 0.594 e. The van der Waals surface area contributed by atoms with E-state index >= 15 is 0 Å². The van der Waals surface area contributed by atoms with Crippen LogP contribution >= 0.6 is 0 Å². The third-order valence-corrected chi connectivity index (χ3v) is 2.22. The van der Waals surface area contributed by atoms with Crippen molar-refractivity contribution in [2.45, 2.75) is 13.8 Å². The number of aryl methyl sites for hydroxylation is 2. The van der Waals surface area contributed by atoms with Crippen LogP contribution in [0.2, 0.25) is 0 Å². The van der Waals surface area contributed by atoms with Crippen LogP contribution in [-0.4, -0.2) is 14.8 Å². The van der Waals surface area contributed by atoms with E-state index < -0.39 is 0 Å². The van der Waals surface area contributed by atoms with Gasteiger partial charge in [0.05, 0.1) is 6.20 Å². The van der Waals surface area contributed by atoms with Gasteiger partial charge in [0.2, 0.25) is 0 Å². The quantitative estimate of drug-likeness (QED) is 0.451. The topological polar surface area (TPSA) is 64.2 Å². The number of pyridine rings is 2. The molecule has 0 radical (unpaired) electrons. The van der Waals surface area contributed by atoms with Crippen LogP contribution in [0.5, 0.6) is 0 Å². The van der Waals surface area contributed by atoms with Crippen LogP contribution in [0.3, 0.4) is 0 Å². The standard InChI is InChI=1S/C12H12N4O/c1-9-3-5-11(7-13-9)15-16(17)12-6-4-10(2)14-8-12/h3-8H,1-2H3. The summed E-state index contributed by atoms with van der Waals surface area (Å²) in [6.45, 7) is 3.74. The lowest BCUT2D eigenvalue weighted by atomic mass is 10.3. The van der Waals surface area contributed by atoms with E-state index in [1.165, 1.54) is 6.20 Å². The van der Waals surface area contributed by atoms with Gasteiger partial charge in [0.25, 0.3) is 5.69 Å². The average Bonchev–Trinajstić information content (AvgIpc) is 2.33. The fourth-order valence-corrected chi connectivity index (χ4v) is 1.25. The minimum absolute atomic E-state index is 0.399. The Morgan fingerprint density at radius 2 is 1.65 bits per heavy atom. The Morgan fingerprint density at radius 3 is 2.18 bits per heavy atom. The molecule has 5 heteroatoms. The summed E-state index contributed by atoms with van der Waals surface area (Å²) in [7, 11) is 0. The van der Waals surface area contributed by atoms with Gasteiger partial charge in [-0.1, -0.05) is 0 Å². The maximum absolute atomic E-state index is 11.7. The molecule has 2 rings (SSSR count). The first-order valence-corrected chi connectivity index (χ1v) is 5.19. The molecule has 0 fully saturated rings. The van der Waals surface area contributed by atoms with Gasteiger partial charge in [0, 0.05) is 22.6 Å². The van der Waals surface area contributed by atoms with Crippen molar-refractivity contribution in [3.05, 3.63) is 53.3 Å². The maximum atomic E-state index is 11.7. The van der Waals surface area contributed by atoms with Gasteiger partial charge < -0.3 is 5.21 Å². The van der Waals surface area contributed by atoms with E-state index in [2.05, 4.69) is 15.1 Å². The second-order valence-corrected chi connectivity index (χ2v) is 3.69. The van der Waals surface area contributed by atoms with E-state index in [1.807, 2.05) is 13.8 Å². The first-order valence-electron chi connectivity index (χ1n) is 5.19. The van der Waals surface area contributed by atoms with Crippen LogP contribution in [0.15, 0.2) is 41.8 Å². The van der Waals surface area contributed by atoms with Gasteiger partial charge in [-0.05, 0) is 36.9 Å². The lowest BCUT2D eigenvalue weighted by Crippen LogP contribution is -1.92. The first kappa shape index (κ1) is 11.2. The summed E-state index contributed by atoms with van der Waals surface area (Å²) in [6, 6.07) is 7.00. The smallest absolute Gasteiger partial charge is 0.263 e. The molecule has 0 aliphatic rings. The molecular formula is C12H12N4O. The fraction of sp³-hybridized carbons (Fsp3) is 0.167. The Labute approximate surface area is 99.1 Å². The van der Waals surface area contributed by atoms with Crippen molar-refractivity contribution in [2.75, 3.05) is 0 Å². The van der Waals surface area contributed by atoms with Crippen molar-refractivity contribution in [1.29, 1.82) is 0 Å². The van der Waals surface area contributed by atoms with Crippen molar-refractivity contribution in [3.63, 3.8) is 0 Å². The van der Waals surface area contributed by atoms with Crippen molar-refractivity contribution >= 4 is 11.4 Å². The van der Waals surface area contributed by atoms with Crippen LogP contribution < -0.4 is 0 Å². The summed E-state index contributed by atoms with van der Waals surface area (Å²) in [5, 5.41) is 15.6. The normalized spacial score (nSPS) is 11.5. The van der Waals surface area contributed by atoms with Crippen LogP contribution in [0.1, 0.15) is 11.4 Å². The molecule has 0 saturated carbocycles. The van der Waals surface area contributed by atoms with Gasteiger partial charge in [-0.3, -0.25) is 9.97 Å². The highest BCUT2D eigenvalue weighted by Gasteiger charge is 2.04. The molecule has 17 heavy (non-hydrogen) atoms. The summed E-state index contributed by atoms with van der Waals surface area (Å²) in [6.07, 6.45) is 3.05. The zero-order valence-corrected chi connectivity index (χ0v) is 9.66. The Kier molecular flexibility index (Phi) is 3.09. The molecule has 0 unspecified atom stereocenters. The van der Waals surface area contributed by atoms with Gasteiger partial charge in [-0.2, -0.15) is 0 Å². The third-order valence-electron chi connectivity index (χ3n) is 2.22. The second kappa shape index (κ2) is 4.69. The Hall–Kier alpha value is -2.30. The van der Waals surface area contributed by atoms with E-state index in [-0.39, 0.29) is 0 Å². The molecule has 2 heterocycles. The molecule has 2 aromatic rings. The lowest BCUT2D eigenvalue weighted by Gasteiger charge is -1.99. The Bertz CT molecular complexity index is 531. The molecule has 0 N–H and O–H groups in total. The molecule has 0 amide bonds. The minimum Gasteiger partial charge on any atom is -0.594 e. The van der Waals surface area contributed by atoms with Gasteiger partial charge in [0.1, 0.15) is 6.20 Å². The molecule has 86 valence electrons. The summed E-state index contributed by atoms with van der Waals surface area (Å²) in [5.41, 5.74) is 2.67. The van der Waals surface area contributed by atoms with Gasteiger partial charge in [0.15, 0.2) is 5.69 Å². The monoisotopic (exact) mass is 228 g/mol. The van der Waals surface area contributed by atoms with E-state index in [9.17, 15) is 5.21 Å². The molecule has 2 aromatic heterocycles. The third kappa shape index (κ3) is 2.84. The van der Waals surface area contributed by atoms with E-state index in [0.29, 0.717) is 16.2 Å². The predicted octanol–water partition coefficient (Wildman–Crippen LogP) is 3.02. The number of hydrogen-bond donors (Lipinski definition) is 0. The van der Waals surface area contributed by atoms with Crippen molar-refractivity contribution < 1.29 is 4.86 Å². The number of hydrogen-bond acceptors (Lipinski definition) is 4. The first-order chi connectivity index (χ1) is 8.15. The lowest BCUT2D eigenvalue weighted by molar-refractivity contribution is -0.435. The zero-order chi connectivity index (χ0) is 12.3. The van der Waals surface area contributed by atoms with E-state index in [1.54, 1.807) is 30.5 Å². The summed E-state index contributed by atoms with van der Waals surface area (Å²) in [5.74, 6) is 0. The Morgan fingerprint density at radius 1 is 1.00 bits per heavy atom. The molecule has 0 aliphatic heterocycles. The van der Waals surface area contributed by atoms with Gasteiger partial charge in [-0.25, -0.2) is 0 Å². The zero-order valence-electron chi connectivity index (χ0n) is 9.66. The average molecular weight is 228 g/mol.